The van der Waals surface area contributed by atoms with Gasteiger partial charge < -0.3 is 9.84 Å². The molecule has 0 bridgehead atoms. The molecule has 1 N–H and O–H groups in total. The van der Waals surface area contributed by atoms with E-state index in [9.17, 15) is 9.59 Å². The first-order chi connectivity index (χ1) is 6.51. The zero-order chi connectivity index (χ0) is 10.8. The molecule has 0 aromatic rings. The second kappa shape index (κ2) is 3.82. The molecule has 0 saturated heterocycles. The lowest BCUT2D eigenvalue weighted by Gasteiger charge is -1.96. The summed E-state index contributed by atoms with van der Waals surface area (Å²) in [6, 6.07) is 0. The van der Waals surface area contributed by atoms with E-state index < -0.39 is 5.97 Å². The Hall–Kier alpha value is -1.32. The molecule has 0 spiro atoms. The smallest absolute Gasteiger partial charge is 0.307 e. The quantitative estimate of drug-likeness (QED) is 0.408. The van der Waals surface area contributed by atoms with Gasteiger partial charge in [-0.15, -0.1) is 0 Å². The Balaban J connectivity index is 2.44. The number of carbonyl (C=O) groups excluding carboxylic acids is 1. The van der Waals surface area contributed by atoms with Crippen LogP contribution in [0.25, 0.3) is 0 Å². The highest BCUT2D eigenvalue weighted by Gasteiger charge is 2.60. The number of carboxylic acid groups (broad SMARTS) is 1. The molecule has 2 unspecified atom stereocenters. The summed E-state index contributed by atoms with van der Waals surface area (Å²) in [5.41, 5.74) is -0.177. The highest BCUT2D eigenvalue weighted by molar-refractivity contribution is 5.76. The van der Waals surface area contributed by atoms with Crippen LogP contribution in [0.1, 0.15) is 13.8 Å². The summed E-state index contributed by atoms with van der Waals surface area (Å²) in [5, 5.41) is 8.84. The average molecular weight is 198 g/mol. The van der Waals surface area contributed by atoms with Crippen LogP contribution in [-0.2, 0) is 14.3 Å². The number of hydrogen-bond donors (Lipinski definition) is 1. The minimum atomic E-state index is -0.763. The molecule has 0 heterocycles. The maximum absolute atomic E-state index is 10.8. The van der Waals surface area contributed by atoms with E-state index in [1.54, 1.807) is 6.08 Å². The Bertz CT molecular complexity index is 267. The predicted octanol–water partition coefficient (Wildman–Crippen LogP) is 1.07. The number of aliphatic carboxylic acids is 1. The van der Waals surface area contributed by atoms with E-state index in [0.29, 0.717) is 6.47 Å². The third-order valence-electron chi connectivity index (χ3n) is 2.78. The molecule has 1 fully saturated rings. The number of allylic oxidation sites excluding steroid dienone is 1. The maximum Gasteiger partial charge on any atom is 0.307 e. The largest absolute Gasteiger partial charge is 0.481 e. The van der Waals surface area contributed by atoms with Gasteiger partial charge in [0, 0.05) is 0 Å². The van der Waals surface area contributed by atoms with Gasteiger partial charge in [0.05, 0.1) is 5.92 Å². The highest BCUT2D eigenvalue weighted by atomic mass is 16.5. The molecule has 78 valence electrons. The van der Waals surface area contributed by atoms with Gasteiger partial charge in [-0.3, -0.25) is 9.59 Å². The molecule has 0 radical (unpaired) electrons. The van der Waals surface area contributed by atoms with Crippen LogP contribution in [0.3, 0.4) is 0 Å². The zero-order valence-corrected chi connectivity index (χ0v) is 8.27. The van der Waals surface area contributed by atoms with Crippen LogP contribution < -0.4 is 0 Å². The van der Waals surface area contributed by atoms with Crippen molar-refractivity contribution in [1.29, 1.82) is 0 Å². The van der Waals surface area contributed by atoms with E-state index in [1.807, 2.05) is 19.9 Å². The molecule has 0 aliphatic heterocycles. The summed E-state index contributed by atoms with van der Waals surface area (Å²) in [4.78, 5) is 20.6. The SMILES string of the molecule is CC1(C)C(/C=C/COC=O)C1C(=O)O. The van der Waals surface area contributed by atoms with Gasteiger partial charge in [0.1, 0.15) is 6.61 Å². The molecule has 2 atom stereocenters. The highest BCUT2D eigenvalue weighted by Crippen LogP contribution is 2.58. The molecule has 1 aliphatic rings. The van der Waals surface area contributed by atoms with Crippen LogP contribution >= 0.6 is 0 Å². The third kappa shape index (κ3) is 1.95. The van der Waals surface area contributed by atoms with Crippen LogP contribution in [0, 0.1) is 17.3 Å². The number of carbonyl (C=O) groups is 2. The van der Waals surface area contributed by atoms with E-state index in [-0.39, 0.29) is 23.9 Å². The Morgan fingerprint density at radius 3 is 2.64 bits per heavy atom. The molecule has 0 amide bonds. The number of rotatable bonds is 5. The van der Waals surface area contributed by atoms with E-state index in [0.717, 1.165) is 0 Å². The van der Waals surface area contributed by atoms with Crippen molar-refractivity contribution < 1.29 is 19.4 Å². The Morgan fingerprint density at radius 1 is 1.57 bits per heavy atom. The standard InChI is InChI=1S/C10H14O4/c1-10(2)7(8(10)9(12)13)4-3-5-14-6-11/h3-4,6-8H,5H2,1-2H3,(H,12,13)/b4-3+. The fourth-order valence-electron chi connectivity index (χ4n) is 1.81. The summed E-state index contributed by atoms with van der Waals surface area (Å²) in [5.74, 6) is -1.02. The lowest BCUT2D eigenvalue weighted by atomic mass is 10.1. The second-order valence-corrected chi connectivity index (χ2v) is 4.02. The predicted molar refractivity (Wildman–Crippen MR) is 49.6 cm³/mol. The van der Waals surface area contributed by atoms with Crippen LogP contribution in [0.15, 0.2) is 12.2 Å². The van der Waals surface area contributed by atoms with Gasteiger partial charge in [0.15, 0.2) is 0 Å². The summed E-state index contributed by atoms with van der Waals surface area (Å²) < 4.78 is 4.46. The molecule has 1 aliphatic carbocycles. The summed E-state index contributed by atoms with van der Waals surface area (Å²) in [7, 11) is 0. The van der Waals surface area contributed by atoms with Crippen molar-refractivity contribution in [3.63, 3.8) is 0 Å². The first-order valence-corrected chi connectivity index (χ1v) is 4.46. The third-order valence-corrected chi connectivity index (χ3v) is 2.78. The number of hydrogen-bond acceptors (Lipinski definition) is 3. The Labute approximate surface area is 82.6 Å². The summed E-state index contributed by atoms with van der Waals surface area (Å²) in [6.45, 7) is 4.42. The van der Waals surface area contributed by atoms with Gasteiger partial charge in [-0.05, 0) is 11.3 Å². The Kier molecular flexibility index (Phi) is 2.93. The molecule has 4 nitrogen and oxygen atoms in total. The lowest BCUT2D eigenvalue weighted by molar-refractivity contribution is -0.139. The van der Waals surface area contributed by atoms with E-state index in [4.69, 9.17) is 5.11 Å². The summed E-state index contributed by atoms with van der Waals surface area (Å²) >= 11 is 0. The molecule has 0 aromatic heterocycles. The normalized spacial score (nSPS) is 28.7. The maximum atomic E-state index is 10.8. The Morgan fingerprint density at radius 2 is 2.21 bits per heavy atom. The fraction of sp³-hybridized carbons (Fsp3) is 0.600. The van der Waals surface area contributed by atoms with Crippen molar-refractivity contribution in [1.82, 2.24) is 0 Å². The minimum Gasteiger partial charge on any atom is -0.481 e. The zero-order valence-electron chi connectivity index (χ0n) is 8.27. The molecular weight excluding hydrogens is 184 g/mol. The minimum absolute atomic E-state index is 0.0512. The van der Waals surface area contributed by atoms with E-state index >= 15 is 0 Å². The van der Waals surface area contributed by atoms with E-state index in [1.165, 1.54) is 0 Å². The van der Waals surface area contributed by atoms with Gasteiger partial charge in [-0.1, -0.05) is 26.0 Å². The van der Waals surface area contributed by atoms with Crippen molar-refractivity contribution >= 4 is 12.4 Å². The van der Waals surface area contributed by atoms with Gasteiger partial charge in [-0.2, -0.15) is 0 Å². The molecule has 0 aromatic carbocycles. The second-order valence-electron chi connectivity index (χ2n) is 4.02. The fourth-order valence-corrected chi connectivity index (χ4v) is 1.81. The van der Waals surface area contributed by atoms with Gasteiger partial charge in [0.25, 0.3) is 6.47 Å². The van der Waals surface area contributed by atoms with Crippen LogP contribution in [0.5, 0.6) is 0 Å². The van der Waals surface area contributed by atoms with Gasteiger partial charge in [-0.25, -0.2) is 0 Å². The van der Waals surface area contributed by atoms with Crippen molar-refractivity contribution in [3.8, 4) is 0 Å². The van der Waals surface area contributed by atoms with Gasteiger partial charge in [0.2, 0.25) is 0 Å². The summed E-state index contributed by atoms with van der Waals surface area (Å²) in [6.07, 6.45) is 3.49. The average Bonchev–Trinajstić information content (AvgIpc) is 2.62. The first kappa shape index (κ1) is 10.8. The van der Waals surface area contributed by atoms with E-state index in [2.05, 4.69) is 4.74 Å². The molecular formula is C10H14O4. The molecule has 1 rings (SSSR count). The topological polar surface area (TPSA) is 63.6 Å². The van der Waals surface area contributed by atoms with Crippen LogP contribution in [-0.4, -0.2) is 24.2 Å². The van der Waals surface area contributed by atoms with Crippen molar-refractivity contribution in [2.24, 2.45) is 17.3 Å². The van der Waals surface area contributed by atoms with Crippen LogP contribution in [0.4, 0.5) is 0 Å². The van der Waals surface area contributed by atoms with Crippen LogP contribution in [0.2, 0.25) is 0 Å². The van der Waals surface area contributed by atoms with Gasteiger partial charge >= 0.3 is 5.97 Å². The number of carboxylic acids is 1. The molecule has 14 heavy (non-hydrogen) atoms. The van der Waals surface area contributed by atoms with Crippen molar-refractivity contribution in [2.75, 3.05) is 6.61 Å². The van der Waals surface area contributed by atoms with Crippen molar-refractivity contribution in [2.45, 2.75) is 13.8 Å². The van der Waals surface area contributed by atoms with Crippen molar-refractivity contribution in [3.05, 3.63) is 12.2 Å². The first-order valence-electron chi connectivity index (χ1n) is 4.46. The monoisotopic (exact) mass is 198 g/mol. The lowest BCUT2D eigenvalue weighted by Crippen LogP contribution is -2.02. The molecule has 4 heteroatoms. The molecule has 1 saturated carbocycles. The number of ether oxygens (including phenoxy) is 1.